The molecule has 2 aliphatic heterocycles. The fourth-order valence-electron chi connectivity index (χ4n) is 4.66. The van der Waals surface area contributed by atoms with E-state index in [0.717, 1.165) is 49.4 Å². The lowest BCUT2D eigenvalue weighted by molar-refractivity contribution is -0.116. The van der Waals surface area contributed by atoms with Crippen LogP contribution >= 0.6 is 0 Å². The number of β-amino-alcohol motifs (C(OH)–C–C–N with tert-alkyl or cyclic N) is 1. The third kappa shape index (κ3) is 4.68. The zero-order chi connectivity index (χ0) is 20.9. The molecule has 0 aromatic heterocycles. The van der Waals surface area contributed by atoms with Crippen LogP contribution in [0.3, 0.4) is 0 Å². The summed E-state index contributed by atoms with van der Waals surface area (Å²) in [6.45, 7) is 4.73. The lowest BCUT2D eigenvalue weighted by Gasteiger charge is -2.36. The Hall–Kier alpha value is -2.37. The average molecular weight is 408 g/mol. The fourth-order valence-corrected chi connectivity index (χ4v) is 4.66. The molecule has 2 N–H and O–H groups in total. The smallest absolute Gasteiger partial charge is 0.224 e. The second kappa shape index (κ2) is 9.63. The summed E-state index contributed by atoms with van der Waals surface area (Å²) in [5.74, 6) is 0.0342. The molecule has 1 atom stereocenters. The third-order valence-corrected chi connectivity index (χ3v) is 6.19. The number of nitrogens with one attached hydrogen (secondary N) is 1. The van der Waals surface area contributed by atoms with Gasteiger partial charge in [0.25, 0.3) is 0 Å². The van der Waals surface area contributed by atoms with Crippen molar-refractivity contribution in [2.45, 2.75) is 58.1 Å². The van der Waals surface area contributed by atoms with Gasteiger partial charge in [0.2, 0.25) is 5.91 Å². The van der Waals surface area contributed by atoms with Crippen LogP contribution in [-0.4, -0.2) is 41.8 Å². The molecular formula is C25H33N3O2. The van der Waals surface area contributed by atoms with Gasteiger partial charge in [-0.3, -0.25) is 9.69 Å². The number of fused-ring (bicyclic) bond motifs is 2. The fraction of sp³-hybridized carbons (Fsp3) is 0.480. The van der Waals surface area contributed by atoms with E-state index >= 15 is 0 Å². The summed E-state index contributed by atoms with van der Waals surface area (Å²) in [5, 5.41) is 14.4. The molecule has 1 unspecified atom stereocenters. The first-order valence-electron chi connectivity index (χ1n) is 11.4. The molecular weight excluding hydrogens is 374 g/mol. The van der Waals surface area contributed by atoms with E-state index in [1.807, 2.05) is 25.1 Å². The molecule has 2 aromatic carbocycles. The minimum absolute atomic E-state index is 0.0342. The molecule has 0 radical (unpaired) electrons. The normalized spacial score (nSPS) is 17.6. The first-order chi connectivity index (χ1) is 14.7. The molecule has 1 fully saturated rings. The number of para-hydroxylation sites is 1. The molecule has 0 saturated carbocycles. The number of aliphatic hydroxyl groups is 1. The highest BCUT2D eigenvalue weighted by Gasteiger charge is 2.28. The molecule has 0 bridgehead atoms. The van der Waals surface area contributed by atoms with E-state index in [-0.39, 0.29) is 5.91 Å². The topological polar surface area (TPSA) is 55.8 Å². The predicted octanol–water partition coefficient (Wildman–Crippen LogP) is 4.47. The van der Waals surface area contributed by atoms with Crippen LogP contribution in [0.25, 0.3) is 0 Å². The SMILES string of the molecule is CCCC(=O)Nc1ccc2c(c1)N(C(O)CN1CCCCC1)c1ccccc1CC2. The molecule has 1 saturated heterocycles. The molecule has 4 rings (SSSR count). The van der Waals surface area contributed by atoms with Crippen molar-refractivity contribution >= 4 is 23.0 Å². The number of aliphatic hydroxyl groups excluding tert-OH is 1. The van der Waals surface area contributed by atoms with Gasteiger partial charge >= 0.3 is 0 Å². The molecule has 5 nitrogen and oxygen atoms in total. The van der Waals surface area contributed by atoms with Crippen LogP contribution in [0.1, 0.15) is 50.2 Å². The van der Waals surface area contributed by atoms with E-state index in [4.69, 9.17) is 0 Å². The van der Waals surface area contributed by atoms with Gasteiger partial charge in [0.15, 0.2) is 0 Å². The Labute approximate surface area is 179 Å². The Morgan fingerprint density at radius 2 is 1.77 bits per heavy atom. The molecule has 0 spiro atoms. The minimum atomic E-state index is -0.636. The maximum Gasteiger partial charge on any atom is 0.224 e. The molecule has 2 heterocycles. The van der Waals surface area contributed by atoms with Crippen LogP contribution in [0.15, 0.2) is 42.5 Å². The predicted molar refractivity (Wildman–Crippen MR) is 122 cm³/mol. The van der Waals surface area contributed by atoms with Gasteiger partial charge in [-0.05, 0) is 74.5 Å². The lowest BCUT2D eigenvalue weighted by atomic mass is 10.0. The van der Waals surface area contributed by atoms with Crippen LogP contribution in [-0.2, 0) is 17.6 Å². The van der Waals surface area contributed by atoms with Crippen molar-refractivity contribution in [2.24, 2.45) is 0 Å². The van der Waals surface area contributed by atoms with E-state index < -0.39 is 6.23 Å². The molecule has 0 aliphatic carbocycles. The Morgan fingerprint density at radius 3 is 2.53 bits per heavy atom. The summed E-state index contributed by atoms with van der Waals surface area (Å²) in [7, 11) is 0. The summed E-state index contributed by atoms with van der Waals surface area (Å²) >= 11 is 0. The Kier molecular flexibility index (Phi) is 6.70. The van der Waals surface area contributed by atoms with E-state index in [1.165, 1.54) is 30.4 Å². The summed E-state index contributed by atoms with van der Waals surface area (Å²) < 4.78 is 0. The van der Waals surface area contributed by atoms with E-state index in [1.54, 1.807) is 0 Å². The van der Waals surface area contributed by atoms with Crippen LogP contribution < -0.4 is 10.2 Å². The number of rotatable bonds is 6. The first-order valence-corrected chi connectivity index (χ1v) is 11.4. The van der Waals surface area contributed by atoms with Crippen molar-refractivity contribution < 1.29 is 9.90 Å². The number of hydrogen-bond acceptors (Lipinski definition) is 4. The van der Waals surface area contributed by atoms with Gasteiger partial charge in [0, 0.05) is 30.0 Å². The standard InChI is InChI=1S/C25H33N3O2/c1-2-8-24(29)26-21-14-13-20-12-11-19-9-4-5-10-22(19)28(23(20)17-21)25(30)18-27-15-6-3-7-16-27/h4-5,9-10,13-14,17,25,30H,2-3,6-8,11-12,15-16,18H2,1H3,(H,26,29). The van der Waals surface area contributed by atoms with Crippen LogP contribution in [0.5, 0.6) is 0 Å². The maximum atomic E-state index is 12.1. The van der Waals surface area contributed by atoms with Crippen LogP contribution in [0.4, 0.5) is 17.1 Å². The molecule has 2 aromatic rings. The number of anilines is 3. The number of carbonyl (C=O) groups excluding carboxylic acids is 1. The quantitative estimate of drug-likeness (QED) is 0.742. The zero-order valence-corrected chi connectivity index (χ0v) is 17.9. The van der Waals surface area contributed by atoms with Gasteiger partial charge in [-0.1, -0.05) is 37.6 Å². The van der Waals surface area contributed by atoms with Gasteiger partial charge in [-0.25, -0.2) is 0 Å². The van der Waals surface area contributed by atoms with Crippen LogP contribution in [0.2, 0.25) is 0 Å². The largest absolute Gasteiger partial charge is 0.372 e. The summed E-state index contributed by atoms with van der Waals surface area (Å²) in [5.41, 5.74) is 5.32. The van der Waals surface area contributed by atoms with Gasteiger partial charge < -0.3 is 15.3 Å². The Balaban J connectivity index is 1.68. The molecule has 5 heteroatoms. The molecule has 30 heavy (non-hydrogen) atoms. The molecule has 1 amide bonds. The first kappa shape index (κ1) is 20.9. The van der Waals surface area contributed by atoms with Crippen molar-refractivity contribution in [3.8, 4) is 0 Å². The van der Waals surface area contributed by atoms with Crippen molar-refractivity contribution in [3.63, 3.8) is 0 Å². The molecule has 160 valence electrons. The maximum absolute atomic E-state index is 12.1. The lowest BCUT2D eigenvalue weighted by Crippen LogP contribution is -2.44. The van der Waals surface area contributed by atoms with Crippen molar-refractivity contribution in [1.82, 2.24) is 4.90 Å². The number of likely N-dealkylation sites (tertiary alicyclic amines) is 1. The zero-order valence-electron chi connectivity index (χ0n) is 17.9. The number of amides is 1. The van der Waals surface area contributed by atoms with Crippen molar-refractivity contribution in [1.29, 1.82) is 0 Å². The van der Waals surface area contributed by atoms with Crippen molar-refractivity contribution in [3.05, 3.63) is 53.6 Å². The number of hydrogen-bond donors (Lipinski definition) is 2. The van der Waals surface area contributed by atoms with Gasteiger partial charge in [-0.15, -0.1) is 0 Å². The highest BCUT2D eigenvalue weighted by atomic mass is 16.3. The highest BCUT2D eigenvalue weighted by Crippen LogP contribution is 2.39. The van der Waals surface area contributed by atoms with Gasteiger partial charge in [-0.2, -0.15) is 0 Å². The highest BCUT2D eigenvalue weighted by molar-refractivity contribution is 5.91. The summed E-state index contributed by atoms with van der Waals surface area (Å²) in [6, 6.07) is 14.5. The second-order valence-corrected chi connectivity index (χ2v) is 8.48. The number of aryl methyl sites for hydroxylation is 2. The second-order valence-electron chi connectivity index (χ2n) is 8.48. The van der Waals surface area contributed by atoms with E-state index in [9.17, 15) is 9.90 Å². The Morgan fingerprint density at radius 1 is 1.03 bits per heavy atom. The third-order valence-electron chi connectivity index (χ3n) is 6.19. The monoisotopic (exact) mass is 407 g/mol. The van der Waals surface area contributed by atoms with Gasteiger partial charge in [0.05, 0.1) is 0 Å². The summed E-state index contributed by atoms with van der Waals surface area (Å²) in [6.07, 6.45) is 6.25. The summed E-state index contributed by atoms with van der Waals surface area (Å²) in [4.78, 5) is 16.6. The molecule has 2 aliphatic rings. The average Bonchev–Trinajstić information content (AvgIpc) is 2.91. The van der Waals surface area contributed by atoms with Crippen molar-refractivity contribution in [2.75, 3.05) is 29.9 Å². The number of carbonyl (C=O) groups is 1. The number of nitrogens with zero attached hydrogens (tertiary/aromatic N) is 2. The van der Waals surface area contributed by atoms with Gasteiger partial charge in [0.1, 0.15) is 6.23 Å². The number of piperidine rings is 1. The van der Waals surface area contributed by atoms with Crippen LogP contribution in [0, 0.1) is 0 Å². The number of benzene rings is 2. The minimum Gasteiger partial charge on any atom is -0.372 e. The van der Waals surface area contributed by atoms with E-state index in [0.29, 0.717) is 13.0 Å². The Bertz CT molecular complexity index is 876. The van der Waals surface area contributed by atoms with E-state index in [2.05, 4.69) is 39.4 Å².